The molecule has 1 amide bonds. The van der Waals surface area contributed by atoms with Crippen molar-refractivity contribution < 1.29 is 9.53 Å². The molecule has 0 aliphatic carbocycles. The third kappa shape index (κ3) is 8.43. The molecule has 1 aliphatic heterocycles. The summed E-state index contributed by atoms with van der Waals surface area (Å²) in [6.45, 7) is 16.8. The predicted octanol–water partition coefficient (Wildman–Crippen LogP) is 1.98. The van der Waals surface area contributed by atoms with E-state index in [1.54, 1.807) is 4.90 Å². The molecule has 1 aliphatic rings. The van der Waals surface area contributed by atoms with E-state index in [1.165, 1.54) is 0 Å². The third-order valence-corrected chi connectivity index (χ3v) is 4.31. The van der Waals surface area contributed by atoms with Crippen LogP contribution in [0.25, 0.3) is 0 Å². The number of carbonyl (C=O) groups is 1. The number of ether oxygens (including phenoxy) is 1. The Bertz CT molecular complexity index is 422. The van der Waals surface area contributed by atoms with E-state index in [0.29, 0.717) is 32.1 Å². The summed E-state index contributed by atoms with van der Waals surface area (Å²) in [5.74, 6) is 0.590. The Labute approximate surface area is 153 Å². The number of nitrogens with zero attached hydrogens (tertiary/aromatic N) is 4. The Morgan fingerprint density at radius 2 is 1.64 bits per heavy atom. The van der Waals surface area contributed by atoms with Crippen LogP contribution in [-0.4, -0.2) is 84.7 Å². The van der Waals surface area contributed by atoms with E-state index in [2.05, 4.69) is 23.7 Å². The van der Waals surface area contributed by atoms with Gasteiger partial charge in [0.25, 0.3) is 0 Å². The van der Waals surface area contributed by atoms with Crippen LogP contribution >= 0.6 is 0 Å². The highest BCUT2D eigenvalue weighted by atomic mass is 16.6. The molecule has 146 valence electrons. The zero-order chi connectivity index (χ0) is 18.9. The molecule has 1 rings (SSSR count). The van der Waals surface area contributed by atoms with E-state index in [0.717, 1.165) is 39.0 Å². The lowest BCUT2D eigenvalue weighted by atomic mass is 10.2. The Kier molecular flexibility index (Phi) is 9.03. The Morgan fingerprint density at radius 3 is 2.16 bits per heavy atom. The summed E-state index contributed by atoms with van der Waals surface area (Å²) in [7, 11) is 0. The summed E-state index contributed by atoms with van der Waals surface area (Å²) in [6.07, 6.45) is 1.94. The normalized spacial score (nSPS) is 16.5. The van der Waals surface area contributed by atoms with Crippen LogP contribution in [-0.2, 0) is 4.74 Å². The lowest BCUT2D eigenvalue weighted by Crippen LogP contribution is -2.53. The van der Waals surface area contributed by atoms with Crippen molar-refractivity contribution in [2.24, 2.45) is 10.7 Å². The summed E-state index contributed by atoms with van der Waals surface area (Å²) < 4.78 is 5.41. The Hall–Kier alpha value is -1.50. The SMILES string of the molecule is CCN(CC)CCCCN=C(N)N1CCN(C(=O)OC(C)(C)C)CC1. The van der Waals surface area contributed by atoms with Crippen LogP contribution in [0, 0.1) is 0 Å². The van der Waals surface area contributed by atoms with E-state index in [4.69, 9.17) is 10.5 Å². The number of piperazine rings is 1. The van der Waals surface area contributed by atoms with Gasteiger partial charge in [-0.15, -0.1) is 0 Å². The molecule has 0 unspecified atom stereocenters. The van der Waals surface area contributed by atoms with E-state index in [1.807, 2.05) is 25.7 Å². The number of hydrogen-bond acceptors (Lipinski definition) is 4. The van der Waals surface area contributed by atoms with Crippen molar-refractivity contribution in [3.05, 3.63) is 0 Å². The van der Waals surface area contributed by atoms with Gasteiger partial charge in [-0.05, 0) is 53.2 Å². The molecule has 2 N–H and O–H groups in total. The molecule has 7 nitrogen and oxygen atoms in total. The van der Waals surface area contributed by atoms with Crippen molar-refractivity contribution in [2.45, 2.75) is 53.1 Å². The Balaban J connectivity index is 2.28. The molecule has 1 heterocycles. The topological polar surface area (TPSA) is 74.4 Å². The summed E-state index contributed by atoms with van der Waals surface area (Å²) in [5, 5.41) is 0. The van der Waals surface area contributed by atoms with Crippen LogP contribution in [0.1, 0.15) is 47.5 Å². The zero-order valence-corrected chi connectivity index (χ0v) is 16.8. The molecule has 0 aromatic carbocycles. The minimum atomic E-state index is -0.458. The van der Waals surface area contributed by atoms with E-state index >= 15 is 0 Å². The molecule has 25 heavy (non-hydrogen) atoms. The van der Waals surface area contributed by atoms with Gasteiger partial charge in [-0.3, -0.25) is 4.99 Å². The van der Waals surface area contributed by atoms with Gasteiger partial charge < -0.3 is 25.2 Å². The molecule has 0 atom stereocenters. The van der Waals surface area contributed by atoms with Gasteiger partial charge in [-0.1, -0.05) is 13.8 Å². The van der Waals surface area contributed by atoms with Gasteiger partial charge in [0.2, 0.25) is 0 Å². The van der Waals surface area contributed by atoms with Crippen LogP contribution in [0.4, 0.5) is 4.79 Å². The van der Waals surface area contributed by atoms with E-state index < -0.39 is 5.60 Å². The number of aliphatic imine (C=N–C) groups is 1. The molecule has 0 bridgehead atoms. The minimum Gasteiger partial charge on any atom is -0.444 e. The highest BCUT2D eigenvalue weighted by Gasteiger charge is 2.26. The molecule has 7 heteroatoms. The molecule has 0 saturated carbocycles. The van der Waals surface area contributed by atoms with Gasteiger partial charge in [0.15, 0.2) is 5.96 Å². The van der Waals surface area contributed by atoms with Gasteiger partial charge >= 0.3 is 6.09 Å². The number of unbranched alkanes of at least 4 members (excludes halogenated alkanes) is 1. The van der Waals surface area contributed by atoms with Gasteiger partial charge in [0, 0.05) is 32.7 Å². The first-order valence-electron chi connectivity index (χ1n) is 9.52. The highest BCUT2D eigenvalue weighted by molar-refractivity contribution is 5.78. The summed E-state index contributed by atoms with van der Waals surface area (Å²) in [5.41, 5.74) is 5.64. The molecular formula is C18H37N5O2. The lowest BCUT2D eigenvalue weighted by molar-refractivity contribution is 0.0186. The molecule has 0 spiro atoms. The molecule has 0 aromatic heterocycles. The van der Waals surface area contributed by atoms with Crippen LogP contribution in [0.5, 0.6) is 0 Å². The van der Waals surface area contributed by atoms with Crippen molar-refractivity contribution in [2.75, 3.05) is 52.4 Å². The fourth-order valence-electron chi connectivity index (χ4n) is 2.73. The van der Waals surface area contributed by atoms with Gasteiger partial charge in [-0.2, -0.15) is 0 Å². The molecule has 0 radical (unpaired) electrons. The average molecular weight is 356 g/mol. The number of nitrogens with two attached hydrogens (primary N) is 1. The summed E-state index contributed by atoms with van der Waals surface area (Å²) >= 11 is 0. The minimum absolute atomic E-state index is 0.251. The van der Waals surface area contributed by atoms with E-state index in [9.17, 15) is 4.79 Å². The molecule has 1 saturated heterocycles. The van der Waals surface area contributed by atoms with Crippen molar-refractivity contribution >= 4 is 12.1 Å². The number of guanidine groups is 1. The van der Waals surface area contributed by atoms with Crippen molar-refractivity contribution in [1.82, 2.24) is 14.7 Å². The second-order valence-corrected chi connectivity index (χ2v) is 7.43. The maximum Gasteiger partial charge on any atom is 0.410 e. The van der Waals surface area contributed by atoms with E-state index in [-0.39, 0.29) is 6.09 Å². The van der Waals surface area contributed by atoms with Crippen molar-refractivity contribution in [3.8, 4) is 0 Å². The van der Waals surface area contributed by atoms with Crippen molar-refractivity contribution in [1.29, 1.82) is 0 Å². The second-order valence-electron chi connectivity index (χ2n) is 7.43. The van der Waals surface area contributed by atoms with Crippen LogP contribution in [0.2, 0.25) is 0 Å². The largest absolute Gasteiger partial charge is 0.444 e. The molecule has 1 fully saturated rings. The smallest absolute Gasteiger partial charge is 0.410 e. The number of amides is 1. The summed E-state index contributed by atoms with van der Waals surface area (Å²) in [4.78, 5) is 22.8. The van der Waals surface area contributed by atoms with Gasteiger partial charge in [0.1, 0.15) is 5.60 Å². The first-order chi connectivity index (χ1) is 11.8. The maximum atomic E-state index is 12.1. The first-order valence-corrected chi connectivity index (χ1v) is 9.52. The fraction of sp³-hybridized carbons (Fsp3) is 0.889. The zero-order valence-electron chi connectivity index (χ0n) is 16.8. The van der Waals surface area contributed by atoms with Crippen molar-refractivity contribution in [3.63, 3.8) is 0 Å². The quantitative estimate of drug-likeness (QED) is 0.429. The standard InChI is InChI=1S/C18H37N5O2/c1-6-21(7-2)11-9-8-10-20-16(19)22-12-14-23(15-13-22)17(24)25-18(3,4)5/h6-15H2,1-5H3,(H2,19,20). The number of rotatable bonds is 7. The molecule has 0 aromatic rings. The monoisotopic (exact) mass is 355 g/mol. The number of carbonyl (C=O) groups excluding carboxylic acids is 1. The van der Waals surface area contributed by atoms with Gasteiger partial charge in [0.05, 0.1) is 0 Å². The first kappa shape index (κ1) is 21.5. The third-order valence-electron chi connectivity index (χ3n) is 4.31. The predicted molar refractivity (Wildman–Crippen MR) is 103 cm³/mol. The Morgan fingerprint density at radius 1 is 1.08 bits per heavy atom. The lowest BCUT2D eigenvalue weighted by Gasteiger charge is -2.36. The molecular weight excluding hydrogens is 318 g/mol. The summed E-state index contributed by atoms with van der Waals surface area (Å²) in [6, 6.07) is 0. The maximum absolute atomic E-state index is 12.1. The van der Waals surface area contributed by atoms with Gasteiger partial charge in [-0.25, -0.2) is 4.79 Å². The van der Waals surface area contributed by atoms with Crippen LogP contribution in [0.3, 0.4) is 0 Å². The average Bonchev–Trinajstić information content (AvgIpc) is 2.56. The number of hydrogen-bond donors (Lipinski definition) is 1. The second kappa shape index (κ2) is 10.5. The fourth-order valence-corrected chi connectivity index (χ4v) is 2.73. The van der Waals surface area contributed by atoms with Crippen LogP contribution < -0.4 is 5.73 Å². The van der Waals surface area contributed by atoms with Crippen LogP contribution in [0.15, 0.2) is 4.99 Å². The highest BCUT2D eigenvalue weighted by Crippen LogP contribution is 2.11.